The Balaban J connectivity index is 1.66. The van der Waals surface area contributed by atoms with E-state index in [9.17, 15) is 43.7 Å². The first kappa shape index (κ1) is 30.5. The molecule has 14 nitrogen and oxygen atoms in total. The van der Waals surface area contributed by atoms with Crippen LogP contribution in [-0.2, 0) is 37.0 Å². The topological polar surface area (TPSA) is 221 Å². The molecule has 6 aromatic rings. The zero-order chi connectivity index (χ0) is 32.6. The maximum absolute atomic E-state index is 12.6. The van der Waals surface area contributed by atoms with E-state index in [1.807, 2.05) is 0 Å². The van der Waals surface area contributed by atoms with Gasteiger partial charge >= 0.3 is 5.63 Å². The van der Waals surface area contributed by atoms with Gasteiger partial charge in [-0.15, -0.1) is 0 Å². The van der Waals surface area contributed by atoms with E-state index in [1.165, 1.54) is 44.6 Å². The van der Waals surface area contributed by atoms with E-state index in [4.69, 9.17) is 18.6 Å². The first-order chi connectivity index (χ1) is 21.0. The predicted octanol–water partition coefficient (Wildman–Crippen LogP) is 4.03. The van der Waals surface area contributed by atoms with Gasteiger partial charge < -0.3 is 18.6 Å². The van der Waals surface area contributed by atoms with Crippen LogP contribution in [0.1, 0.15) is 5.56 Å². The monoisotopic (exact) mass is 676 g/mol. The summed E-state index contributed by atoms with van der Waals surface area (Å²) in [6.07, 6.45) is 0. The molecular formula is C28H20O14S3. The number of methoxy groups -OCH3 is 2. The van der Waals surface area contributed by atoms with Gasteiger partial charge in [0.1, 0.15) is 32.6 Å². The highest BCUT2D eigenvalue weighted by atomic mass is 32.2. The summed E-state index contributed by atoms with van der Waals surface area (Å²) in [4.78, 5) is 9.96. The molecule has 0 aliphatic carbocycles. The third kappa shape index (κ3) is 5.08. The molecule has 0 fully saturated rings. The van der Waals surface area contributed by atoms with Gasteiger partial charge in [-0.3, -0.25) is 13.7 Å². The maximum Gasteiger partial charge on any atom is 0.336 e. The fourth-order valence-electron chi connectivity index (χ4n) is 5.45. The first-order valence-corrected chi connectivity index (χ1v) is 16.9. The minimum absolute atomic E-state index is 0.0608. The van der Waals surface area contributed by atoms with Crippen molar-refractivity contribution in [2.75, 3.05) is 14.2 Å². The maximum atomic E-state index is 12.6. The molecule has 0 aliphatic heterocycles. The van der Waals surface area contributed by atoms with Crippen molar-refractivity contribution < 1.29 is 57.5 Å². The van der Waals surface area contributed by atoms with Gasteiger partial charge in [-0.2, -0.15) is 25.3 Å². The molecule has 234 valence electrons. The molecule has 0 saturated carbocycles. The van der Waals surface area contributed by atoms with Crippen LogP contribution in [0.15, 0.2) is 78.5 Å². The van der Waals surface area contributed by atoms with E-state index in [0.29, 0.717) is 17.2 Å². The summed E-state index contributed by atoms with van der Waals surface area (Å²) in [6.45, 7) is -0.362. The number of ether oxygens (including phenoxy) is 3. The van der Waals surface area contributed by atoms with Crippen LogP contribution in [0.25, 0.3) is 43.3 Å². The van der Waals surface area contributed by atoms with Crippen LogP contribution < -0.4 is 19.8 Å². The largest absolute Gasteiger partial charge is 0.493 e. The zero-order valence-corrected chi connectivity index (χ0v) is 25.4. The third-order valence-corrected chi connectivity index (χ3v) is 9.98. The minimum Gasteiger partial charge on any atom is -0.493 e. The number of fused-ring (bicyclic) bond motifs is 1. The average molecular weight is 677 g/mol. The molecule has 5 aromatic carbocycles. The average Bonchev–Trinajstić information content (AvgIpc) is 2.95. The lowest BCUT2D eigenvalue weighted by Gasteiger charge is -2.19. The van der Waals surface area contributed by atoms with Gasteiger partial charge in [0, 0.05) is 61.5 Å². The van der Waals surface area contributed by atoms with E-state index in [0.717, 1.165) is 18.2 Å². The van der Waals surface area contributed by atoms with E-state index in [2.05, 4.69) is 0 Å². The summed E-state index contributed by atoms with van der Waals surface area (Å²) < 4.78 is 126. The molecule has 17 heteroatoms. The SMILES string of the molecule is COc1cc2oc(=O)cc(COc3cc(S(=O)(=O)O)c4ccc5c(S(=O)(=O)O)cc(S(=O)(=O)O)c6ccc3c4c65)c2cc1OC. The second-order valence-electron chi connectivity index (χ2n) is 9.82. The Kier molecular flexibility index (Phi) is 6.96. The minimum atomic E-state index is -5.07. The number of hydrogen-bond donors (Lipinski definition) is 3. The molecular weight excluding hydrogens is 656 g/mol. The highest BCUT2D eigenvalue weighted by Crippen LogP contribution is 2.45. The van der Waals surface area contributed by atoms with Crippen molar-refractivity contribution in [1.82, 2.24) is 0 Å². The second-order valence-corrected chi connectivity index (χ2v) is 14.0. The molecule has 0 radical (unpaired) electrons. The fourth-order valence-corrected chi connectivity index (χ4v) is 7.66. The van der Waals surface area contributed by atoms with Crippen molar-refractivity contribution in [2.45, 2.75) is 21.3 Å². The fraction of sp³-hybridized carbons (Fsp3) is 0.107. The van der Waals surface area contributed by atoms with Crippen LogP contribution >= 0.6 is 0 Å². The number of benzene rings is 5. The Labute approximate surface area is 253 Å². The molecule has 0 unspecified atom stereocenters. The molecule has 1 heterocycles. The van der Waals surface area contributed by atoms with Crippen molar-refractivity contribution in [1.29, 1.82) is 0 Å². The molecule has 0 atom stereocenters. The Morgan fingerprint density at radius 1 is 0.600 bits per heavy atom. The van der Waals surface area contributed by atoms with E-state index in [1.54, 1.807) is 0 Å². The Morgan fingerprint density at radius 3 is 1.58 bits per heavy atom. The molecule has 6 rings (SSSR count). The molecule has 0 saturated heterocycles. The van der Waals surface area contributed by atoms with Gasteiger partial charge in [0.25, 0.3) is 30.4 Å². The van der Waals surface area contributed by atoms with Crippen LogP contribution in [0.3, 0.4) is 0 Å². The second kappa shape index (κ2) is 10.3. The van der Waals surface area contributed by atoms with Gasteiger partial charge in [0.2, 0.25) is 0 Å². The predicted molar refractivity (Wildman–Crippen MR) is 160 cm³/mol. The van der Waals surface area contributed by atoms with E-state index < -0.39 is 50.7 Å². The van der Waals surface area contributed by atoms with Crippen molar-refractivity contribution in [2.24, 2.45) is 0 Å². The van der Waals surface area contributed by atoms with Crippen molar-refractivity contribution in [3.63, 3.8) is 0 Å². The van der Waals surface area contributed by atoms with Crippen molar-refractivity contribution in [3.05, 3.63) is 70.6 Å². The van der Waals surface area contributed by atoms with Gasteiger partial charge in [-0.1, -0.05) is 18.2 Å². The molecule has 0 spiro atoms. The van der Waals surface area contributed by atoms with Crippen LogP contribution in [0.2, 0.25) is 0 Å². The smallest absolute Gasteiger partial charge is 0.336 e. The van der Waals surface area contributed by atoms with Gasteiger partial charge in [-0.25, -0.2) is 4.79 Å². The van der Waals surface area contributed by atoms with Crippen LogP contribution in [0.5, 0.6) is 17.2 Å². The summed E-state index contributed by atoms with van der Waals surface area (Å²) in [6, 6.07) is 10.6. The molecule has 0 amide bonds. The molecule has 1 aromatic heterocycles. The van der Waals surface area contributed by atoms with Gasteiger partial charge in [-0.05, 0) is 18.2 Å². The Hall–Kier alpha value is -4.52. The normalized spacial score (nSPS) is 12.8. The highest BCUT2D eigenvalue weighted by Gasteiger charge is 2.28. The van der Waals surface area contributed by atoms with Gasteiger partial charge in [0.05, 0.1) is 14.2 Å². The standard InChI is InChI=1S/C28H20O14S3/c1-39-21-8-18-13(7-26(29)42-20(18)9-22(21)40-2)12-41-19-10-23(43(30,31)32)15-5-6-17-25(45(36,37)38)11-24(44(33,34)35)16-4-3-14(19)27(15)28(16)17/h3-11H,12H2,1-2H3,(H,30,31,32)(H,33,34,35)(H,36,37,38). The number of rotatable bonds is 8. The zero-order valence-electron chi connectivity index (χ0n) is 23.0. The van der Waals surface area contributed by atoms with E-state index >= 15 is 0 Å². The quantitative estimate of drug-likeness (QED) is 0.118. The molecule has 0 aliphatic rings. The summed E-state index contributed by atoms with van der Waals surface area (Å²) in [5.41, 5.74) is -0.329. The van der Waals surface area contributed by atoms with Crippen molar-refractivity contribution in [3.8, 4) is 17.2 Å². The van der Waals surface area contributed by atoms with E-state index in [-0.39, 0.29) is 61.6 Å². The van der Waals surface area contributed by atoms with Crippen LogP contribution in [0, 0.1) is 0 Å². The lowest BCUT2D eigenvalue weighted by Crippen LogP contribution is -2.08. The summed E-state index contributed by atoms with van der Waals surface area (Å²) in [5, 5.41) is -0.255. The highest BCUT2D eigenvalue weighted by molar-refractivity contribution is 7.87. The van der Waals surface area contributed by atoms with Crippen LogP contribution in [-0.4, -0.2) is 53.1 Å². The molecule has 3 N–H and O–H groups in total. The summed E-state index contributed by atoms with van der Waals surface area (Å²) in [7, 11) is -12.3. The molecule has 45 heavy (non-hydrogen) atoms. The van der Waals surface area contributed by atoms with Gasteiger partial charge in [0.15, 0.2) is 11.5 Å². The molecule has 0 bridgehead atoms. The third-order valence-electron chi connectivity index (χ3n) is 7.30. The number of hydrogen-bond acceptors (Lipinski definition) is 11. The van der Waals surface area contributed by atoms with Crippen LogP contribution in [0.4, 0.5) is 0 Å². The lowest BCUT2D eigenvalue weighted by atomic mass is 9.93. The lowest BCUT2D eigenvalue weighted by molar-refractivity contribution is 0.309. The summed E-state index contributed by atoms with van der Waals surface area (Å²) >= 11 is 0. The van der Waals surface area contributed by atoms with Crippen molar-refractivity contribution >= 4 is 73.6 Å². The Morgan fingerprint density at radius 2 is 1.07 bits per heavy atom. The Bertz CT molecular complexity index is 2550. The summed E-state index contributed by atoms with van der Waals surface area (Å²) in [5.74, 6) is 0.419. The first-order valence-electron chi connectivity index (χ1n) is 12.6.